The molecule has 0 radical (unpaired) electrons. The minimum Gasteiger partial charge on any atom is -0.335 e. The summed E-state index contributed by atoms with van der Waals surface area (Å²) in [7, 11) is -3.18. The van der Waals surface area contributed by atoms with E-state index in [2.05, 4.69) is 4.98 Å². The van der Waals surface area contributed by atoms with Gasteiger partial charge in [-0.15, -0.1) is 11.3 Å². The molecule has 2 saturated heterocycles. The zero-order valence-electron chi connectivity index (χ0n) is 11.3. The fourth-order valence-electron chi connectivity index (χ4n) is 3.06. The zero-order valence-corrected chi connectivity index (χ0v) is 13.7. The van der Waals surface area contributed by atoms with E-state index in [-0.39, 0.29) is 28.4 Å². The van der Waals surface area contributed by atoms with Crippen LogP contribution in [0.1, 0.15) is 33.9 Å². The highest BCUT2D eigenvalue weighted by molar-refractivity contribution is 7.92. The normalized spacial score (nSPS) is 27.2. The number of fused-ring (bicyclic) bond motifs is 1. The molecule has 0 spiro atoms. The molecule has 0 unspecified atom stereocenters. The summed E-state index contributed by atoms with van der Waals surface area (Å²) >= 11 is 6.17. The predicted molar refractivity (Wildman–Crippen MR) is 78.3 cm³/mol. The van der Waals surface area contributed by atoms with Crippen LogP contribution in [0.25, 0.3) is 0 Å². The van der Waals surface area contributed by atoms with Crippen LogP contribution in [-0.4, -0.2) is 48.3 Å². The molecule has 2 fully saturated rings. The number of alkyl halides is 2. The molecular weight excluding hydrogens is 358 g/mol. The van der Waals surface area contributed by atoms with E-state index in [0.29, 0.717) is 24.3 Å². The van der Waals surface area contributed by atoms with E-state index in [4.69, 9.17) is 11.6 Å². The van der Waals surface area contributed by atoms with E-state index in [0.717, 1.165) is 6.42 Å². The second-order valence-corrected chi connectivity index (χ2v) is 9.22. The van der Waals surface area contributed by atoms with Crippen molar-refractivity contribution >= 4 is 38.7 Å². The lowest BCUT2D eigenvalue weighted by molar-refractivity contribution is 0.0786. The fourth-order valence-corrected chi connectivity index (χ4v) is 6.26. The Morgan fingerprint density at radius 1 is 1.41 bits per heavy atom. The lowest BCUT2D eigenvalue weighted by Crippen LogP contribution is -2.36. The van der Waals surface area contributed by atoms with Gasteiger partial charge in [-0.25, -0.2) is 22.2 Å². The Kier molecular flexibility index (Phi) is 4.15. The van der Waals surface area contributed by atoms with E-state index in [9.17, 15) is 22.0 Å². The number of carbonyl (C=O) groups is 1. The number of sulfone groups is 1. The van der Waals surface area contributed by atoms with Gasteiger partial charge < -0.3 is 4.90 Å². The van der Waals surface area contributed by atoms with Crippen LogP contribution in [0.4, 0.5) is 8.78 Å². The van der Waals surface area contributed by atoms with Crippen molar-refractivity contribution in [3.05, 3.63) is 15.0 Å². The maximum Gasteiger partial charge on any atom is 0.282 e. The van der Waals surface area contributed by atoms with Crippen molar-refractivity contribution < 1.29 is 22.0 Å². The van der Waals surface area contributed by atoms with Crippen LogP contribution in [-0.2, 0) is 9.84 Å². The van der Waals surface area contributed by atoms with Crippen molar-refractivity contribution in [2.75, 3.05) is 18.8 Å². The molecule has 122 valence electrons. The molecular formula is C12H13ClF2N2O3S2. The molecule has 3 rings (SSSR count). The molecule has 0 N–H and O–H groups in total. The monoisotopic (exact) mass is 370 g/mol. The first-order valence-corrected chi connectivity index (χ1v) is 9.66. The molecule has 2 atom stereocenters. The smallest absolute Gasteiger partial charge is 0.282 e. The van der Waals surface area contributed by atoms with Crippen molar-refractivity contribution in [1.82, 2.24) is 9.88 Å². The molecule has 0 bridgehead atoms. The van der Waals surface area contributed by atoms with Crippen molar-refractivity contribution in [3.8, 4) is 0 Å². The van der Waals surface area contributed by atoms with Gasteiger partial charge in [0.15, 0.2) is 14.8 Å². The van der Waals surface area contributed by atoms with Crippen LogP contribution in [0.15, 0.2) is 0 Å². The Balaban J connectivity index is 1.81. The average Bonchev–Trinajstić information content (AvgIpc) is 3.02. The van der Waals surface area contributed by atoms with Gasteiger partial charge in [0.25, 0.3) is 12.3 Å². The summed E-state index contributed by atoms with van der Waals surface area (Å²) in [6, 6.07) is 0. The molecule has 1 amide bonds. The number of hydrogen-bond donors (Lipinski definition) is 0. The molecule has 2 aliphatic heterocycles. The standard InChI is InChI=1S/C12H13ClF2N2O3S2/c13-9-8(10(14)15)21-11(16-9)12(18)17-4-6-2-1-3-22(19,20)7(6)5-17/h6-7,10H,1-5H2/t6-,7+/m0/s1. The second-order valence-electron chi connectivity index (χ2n) is 5.49. The number of nitrogens with zero attached hydrogens (tertiary/aromatic N) is 2. The lowest BCUT2D eigenvalue weighted by Gasteiger charge is -2.23. The van der Waals surface area contributed by atoms with Gasteiger partial charge in [0.1, 0.15) is 10.0 Å². The van der Waals surface area contributed by atoms with Crippen LogP contribution >= 0.6 is 22.9 Å². The van der Waals surface area contributed by atoms with Crippen molar-refractivity contribution in [2.45, 2.75) is 24.5 Å². The number of thiazole rings is 1. The number of aromatic nitrogens is 1. The summed E-state index contributed by atoms with van der Waals surface area (Å²) in [5.41, 5.74) is 0. The third kappa shape index (κ3) is 2.74. The lowest BCUT2D eigenvalue weighted by atomic mass is 10.0. The van der Waals surface area contributed by atoms with E-state index in [1.807, 2.05) is 0 Å². The SMILES string of the molecule is O=C(c1nc(Cl)c(C(F)F)s1)N1C[C@@H]2CCCS(=O)(=O)[C@@H]2C1. The van der Waals surface area contributed by atoms with Crippen molar-refractivity contribution in [1.29, 1.82) is 0 Å². The van der Waals surface area contributed by atoms with Gasteiger partial charge in [-0.3, -0.25) is 4.79 Å². The predicted octanol–water partition coefficient (Wildman–Crippen LogP) is 2.38. The van der Waals surface area contributed by atoms with Gasteiger partial charge in [-0.1, -0.05) is 11.6 Å². The Bertz CT molecular complexity index is 707. The maximum absolute atomic E-state index is 12.7. The largest absolute Gasteiger partial charge is 0.335 e. The van der Waals surface area contributed by atoms with Crippen LogP contribution in [0.3, 0.4) is 0 Å². The third-order valence-corrected chi connectivity index (χ3v) is 7.89. The summed E-state index contributed by atoms with van der Waals surface area (Å²) in [5, 5.41) is -1.03. The number of halogens is 3. The molecule has 0 saturated carbocycles. The van der Waals surface area contributed by atoms with Gasteiger partial charge in [0.2, 0.25) is 0 Å². The summed E-state index contributed by atoms with van der Waals surface area (Å²) in [4.78, 5) is 17.0. The van der Waals surface area contributed by atoms with E-state index in [1.54, 1.807) is 0 Å². The Hall–Kier alpha value is -0.800. The van der Waals surface area contributed by atoms with Crippen LogP contribution in [0, 0.1) is 5.92 Å². The average molecular weight is 371 g/mol. The van der Waals surface area contributed by atoms with Gasteiger partial charge in [0, 0.05) is 13.1 Å². The number of carbonyl (C=O) groups excluding carboxylic acids is 1. The number of rotatable bonds is 2. The summed E-state index contributed by atoms with van der Waals surface area (Å²) in [6.45, 7) is 0.428. The summed E-state index contributed by atoms with van der Waals surface area (Å²) in [5.74, 6) is -0.453. The first-order valence-electron chi connectivity index (χ1n) is 6.75. The molecule has 22 heavy (non-hydrogen) atoms. The van der Waals surface area contributed by atoms with Crippen LogP contribution in [0.2, 0.25) is 5.15 Å². The molecule has 1 aromatic rings. The fraction of sp³-hybridized carbons (Fsp3) is 0.667. The number of hydrogen-bond acceptors (Lipinski definition) is 5. The Labute approximate surface area is 135 Å². The quantitative estimate of drug-likeness (QED) is 0.801. The van der Waals surface area contributed by atoms with Crippen LogP contribution in [0.5, 0.6) is 0 Å². The van der Waals surface area contributed by atoms with Gasteiger partial charge >= 0.3 is 0 Å². The van der Waals surface area contributed by atoms with Crippen LogP contribution < -0.4 is 0 Å². The van der Waals surface area contributed by atoms with E-state index in [1.165, 1.54) is 4.90 Å². The molecule has 0 aromatic carbocycles. The first kappa shape index (κ1) is 16.1. The van der Waals surface area contributed by atoms with E-state index >= 15 is 0 Å². The van der Waals surface area contributed by atoms with E-state index < -0.39 is 32.3 Å². The Morgan fingerprint density at radius 3 is 2.73 bits per heavy atom. The molecule has 3 heterocycles. The molecule has 0 aliphatic carbocycles. The molecule has 5 nitrogen and oxygen atoms in total. The summed E-state index contributed by atoms with van der Waals surface area (Å²) in [6.07, 6.45) is -1.42. The highest BCUT2D eigenvalue weighted by atomic mass is 35.5. The third-order valence-electron chi connectivity index (χ3n) is 4.12. The Morgan fingerprint density at radius 2 is 2.14 bits per heavy atom. The van der Waals surface area contributed by atoms with Gasteiger partial charge in [0.05, 0.1) is 11.0 Å². The van der Waals surface area contributed by atoms with Gasteiger partial charge in [-0.05, 0) is 18.8 Å². The van der Waals surface area contributed by atoms with Crippen molar-refractivity contribution in [2.24, 2.45) is 5.92 Å². The summed E-state index contributed by atoms with van der Waals surface area (Å²) < 4.78 is 49.5. The number of amides is 1. The minimum atomic E-state index is -3.18. The topological polar surface area (TPSA) is 67.3 Å². The minimum absolute atomic E-state index is 0.0762. The second kappa shape index (κ2) is 5.68. The molecule has 2 aliphatic rings. The molecule has 1 aromatic heterocycles. The zero-order chi connectivity index (χ0) is 16.1. The highest BCUT2D eigenvalue weighted by Crippen LogP contribution is 2.36. The van der Waals surface area contributed by atoms with Crippen molar-refractivity contribution in [3.63, 3.8) is 0 Å². The first-order chi connectivity index (χ1) is 10.3. The van der Waals surface area contributed by atoms with Gasteiger partial charge in [-0.2, -0.15) is 0 Å². The number of likely N-dealkylation sites (tertiary alicyclic amines) is 1. The molecule has 10 heteroatoms. The highest BCUT2D eigenvalue weighted by Gasteiger charge is 2.45. The maximum atomic E-state index is 12.7.